The molecule has 11 nitrogen and oxygen atoms in total. The molecule has 0 radical (unpaired) electrons. The van der Waals surface area contributed by atoms with E-state index in [1.165, 1.54) is 57.1 Å². The average Bonchev–Trinajstić information content (AvgIpc) is 4.16. The molecule has 6 rings (SSSR count). The Morgan fingerprint density at radius 1 is 0.925 bits per heavy atom. The van der Waals surface area contributed by atoms with E-state index in [0.29, 0.717) is 36.6 Å². The third-order valence-electron chi connectivity index (χ3n) is 13.9. The minimum absolute atomic E-state index is 0.00184. The van der Waals surface area contributed by atoms with Gasteiger partial charge in [0.15, 0.2) is 0 Å². The van der Waals surface area contributed by atoms with Crippen LogP contribution in [-0.2, 0) is 20.9 Å². The number of aliphatic hydroxyl groups is 2. The van der Waals surface area contributed by atoms with Gasteiger partial charge in [0.25, 0.3) is 0 Å². The van der Waals surface area contributed by atoms with Gasteiger partial charge in [0, 0.05) is 50.1 Å². The number of hydrogen-bond acceptors (Lipinski definition) is 9. The number of ether oxygens (including phenoxy) is 3. The van der Waals surface area contributed by atoms with Crippen LogP contribution in [0.15, 0.2) is 71.9 Å². The Labute approximate surface area is 399 Å². The SMILES string of the molecule is C=CCOC12Oc3ccc(OC(=O)NCCCCCCCCCCCC)cc3C3C(CCCCO)C(CCCCO)C=C(C(=NOC(C)(C)C)CC1N(Cc1ccc(F)cc1)C(=O)C1CC1)C32. The summed E-state index contributed by atoms with van der Waals surface area (Å²) in [4.78, 5) is 36.3. The first kappa shape index (κ1) is 52.1. The molecular formula is C55H80FN3O8. The molecule has 2 saturated carbocycles. The Balaban J connectivity index is 1.40. The van der Waals surface area contributed by atoms with Crippen LogP contribution in [0.2, 0.25) is 0 Å². The molecule has 6 unspecified atom stereocenters. The number of nitrogens with one attached hydrogen (secondary N) is 1. The molecule has 0 spiro atoms. The molecule has 2 aromatic carbocycles. The Morgan fingerprint density at radius 3 is 2.24 bits per heavy atom. The maximum Gasteiger partial charge on any atom is 0.412 e. The highest BCUT2D eigenvalue weighted by Crippen LogP contribution is 2.62. The number of amides is 2. The maximum atomic E-state index is 14.8. The molecule has 1 heterocycles. The summed E-state index contributed by atoms with van der Waals surface area (Å²) < 4.78 is 34.8. The van der Waals surface area contributed by atoms with Crippen LogP contribution in [0.1, 0.15) is 167 Å². The first-order chi connectivity index (χ1) is 32.4. The third-order valence-corrected chi connectivity index (χ3v) is 13.9. The standard InChI is InChI=1S/C55H80FN3O8/c1-6-8-9-10-11-12-13-14-15-18-31-57-53(63)65-43-29-30-48-46(36-43)50-44(22-17-20-33-61)41(21-16-19-32-60)35-45-47(58-67-54(3,4)5)37-49(55(66-48,51(45)50)64-34-7-2)59(52(62)40-25-26-40)38-39-23-27-42(56)28-24-39/h7,23-24,27-30,35-36,40-41,44,49-51,60-61H,2,6,8-22,25-26,31-34,37-38H2,1,3-5H3,(H,57,63). The number of allylic oxidation sites excluding steroid dienone is 1. The Hall–Kier alpha value is -4.26. The van der Waals surface area contributed by atoms with Gasteiger partial charge >= 0.3 is 6.09 Å². The lowest BCUT2D eigenvalue weighted by molar-refractivity contribution is -0.258. The number of oxime groups is 1. The van der Waals surface area contributed by atoms with Gasteiger partial charge in [-0.1, -0.05) is 107 Å². The lowest BCUT2D eigenvalue weighted by Crippen LogP contribution is -2.70. The molecule has 67 heavy (non-hydrogen) atoms. The molecule has 0 aromatic heterocycles. The highest BCUT2D eigenvalue weighted by atomic mass is 19.1. The monoisotopic (exact) mass is 930 g/mol. The van der Waals surface area contributed by atoms with Crippen molar-refractivity contribution in [1.82, 2.24) is 10.2 Å². The van der Waals surface area contributed by atoms with Gasteiger partial charge in [0.2, 0.25) is 11.7 Å². The van der Waals surface area contributed by atoms with E-state index in [9.17, 15) is 24.2 Å². The molecule has 2 fully saturated rings. The van der Waals surface area contributed by atoms with Gasteiger partial charge in [0.05, 0.1) is 18.2 Å². The number of carbonyl (C=O) groups excluding carboxylic acids is 2. The zero-order chi connectivity index (χ0) is 47.8. The normalized spacial score (nSPS) is 23.7. The number of nitrogens with zero attached hydrogens (tertiary/aromatic N) is 2. The Morgan fingerprint density at radius 2 is 1.60 bits per heavy atom. The van der Waals surface area contributed by atoms with Crippen molar-refractivity contribution in [3.8, 4) is 11.5 Å². The predicted octanol–water partition coefficient (Wildman–Crippen LogP) is 11.7. The van der Waals surface area contributed by atoms with E-state index in [1.54, 1.807) is 24.3 Å². The second-order valence-corrected chi connectivity index (χ2v) is 20.3. The van der Waals surface area contributed by atoms with Gasteiger partial charge in [-0.2, -0.15) is 0 Å². The van der Waals surface area contributed by atoms with E-state index in [2.05, 4.69) is 24.9 Å². The molecular weight excluding hydrogens is 850 g/mol. The van der Waals surface area contributed by atoms with Gasteiger partial charge in [0.1, 0.15) is 29.0 Å². The maximum absolute atomic E-state index is 14.8. The molecule has 0 bridgehead atoms. The number of halogens is 1. The smallest absolute Gasteiger partial charge is 0.412 e. The second-order valence-electron chi connectivity index (χ2n) is 20.3. The molecule has 4 aliphatic rings. The van der Waals surface area contributed by atoms with E-state index in [0.717, 1.165) is 74.5 Å². The summed E-state index contributed by atoms with van der Waals surface area (Å²) in [5, 5.41) is 27.9. The number of benzene rings is 2. The first-order valence-electron chi connectivity index (χ1n) is 25.7. The van der Waals surface area contributed by atoms with Crippen LogP contribution in [0.25, 0.3) is 0 Å². The van der Waals surface area contributed by atoms with E-state index < -0.39 is 29.4 Å². The fraction of sp³-hybridized carbons (Fsp3) is 0.655. The number of hydrogen-bond donors (Lipinski definition) is 3. The van der Waals surface area contributed by atoms with Crippen molar-refractivity contribution in [3.63, 3.8) is 0 Å². The number of carbonyl (C=O) groups is 2. The summed E-state index contributed by atoms with van der Waals surface area (Å²) in [5.74, 6) is -1.77. The van der Waals surface area contributed by atoms with Crippen molar-refractivity contribution in [2.24, 2.45) is 28.8 Å². The van der Waals surface area contributed by atoms with Crippen LogP contribution in [0, 0.1) is 29.5 Å². The van der Waals surface area contributed by atoms with Crippen molar-refractivity contribution in [2.45, 2.75) is 180 Å². The predicted molar refractivity (Wildman–Crippen MR) is 261 cm³/mol. The lowest BCUT2D eigenvalue weighted by atomic mass is 9.55. The van der Waals surface area contributed by atoms with Crippen molar-refractivity contribution in [2.75, 3.05) is 26.4 Å². The summed E-state index contributed by atoms with van der Waals surface area (Å²) in [6.07, 6.45) is 21.9. The zero-order valence-corrected chi connectivity index (χ0v) is 41.0. The van der Waals surface area contributed by atoms with Crippen LogP contribution >= 0.6 is 0 Å². The van der Waals surface area contributed by atoms with Gasteiger partial charge in [-0.15, -0.1) is 6.58 Å². The molecule has 0 saturated heterocycles. The molecule has 3 aliphatic carbocycles. The van der Waals surface area contributed by atoms with Crippen molar-refractivity contribution in [1.29, 1.82) is 0 Å². The van der Waals surface area contributed by atoms with Crippen molar-refractivity contribution < 1.29 is 43.2 Å². The van der Waals surface area contributed by atoms with Crippen LogP contribution < -0.4 is 14.8 Å². The Bertz CT molecular complexity index is 1960. The molecule has 3 N–H and O–H groups in total. The lowest BCUT2D eigenvalue weighted by Gasteiger charge is -2.60. The topological polar surface area (TPSA) is 139 Å². The molecule has 12 heteroatoms. The number of rotatable bonds is 28. The van der Waals surface area contributed by atoms with E-state index >= 15 is 0 Å². The second kappa shape index (κ2) is 25.4. The largest absolute Gasteiger partial charge is 0.459 e. The van der Waals surface area contributed by atoms with Crippen molar-refractivity contribution >= 4 is 17.7 Å². The molecule has 1 aliphatic heterocycles. The summed E-state index contributed by atoms with van der Waals surface area (Å²) in [6, 6.07) is 11.1. The first-order valence-corrected chi connectivity index (χ1v) is 25.7. The highest BCUT2D eigenvalue weighted by Gasteiger charge is 2.66. The third kappa shape index (κ3) is 14.2. The summed E-state index contributed by atoms with van der Waals surface area (Å²) in [6.45, 7) is 13.2. The Kier molecular flexibility index (Phi) is 19.7. The minimum atomic E-state index is -1.44. The summed E-state index contributed by atoms with van der Waals surface area (Å²) in [5.41, 5.74) is 2.65. The van der Waals surface area contributed by atoms with E-state index in [1.807, 2.05) is 37.8 Å². The molecule has 2 aromatic rings. The van der Waals surface area contributed by atoms with Gasteiger partial charge in [-0.05, 0) is 119 Å². The summed E-state index contributed by atoms with van der Waals surface area (Å²) in [7, 11) is 0. The minimum Gasteiger partial charge on any atom is -0.459 e. The number of aliphatic hydroxyl groups excluding tert-OH is 2. The molecule has 6 atom stereocenters. The quantitative estimate of drug-likeness (QED) is 0.0435. The van der Waals surface area contributed by atoms with Crippen LogP contribution in [0.4, 0.5) is 9.18 Å². The molecule has 370 valence electrons. The van der Waals surface area contributed by atoms with Gasteiger partial charge in [-0.3, -0.25) is 4.79 Å². The fourth-order valence-corrected chi connectivity index (χ4v) is 10.5. The zero-order valence-electron chi connectivity index (χ0n) is 41.0. The van der Waals surface area contributed by atoms with Crippen molar-refractivity contribution in [3.05, 3.63) is 83.7 Å². The molecule has 2 amide bonds. The fourth-order valence-electron chi connectivity index (χ4n) is 10.5. The van der Waals surface area contributed by atoms with Gasteiger partial charge in [-0.25, -0.2) is 9.18 Å². The van der Waals surface area contributed by atoms with E-state index in [-0.39, 0.29) is 68.2 Å². The summed E-state index contributed by atoms with van der Waals surface area (Å²) >= 11 is 0. The number of unbranched alkanes of at least 4 members (excludes halogenated alkanes) is 11. The highest BCUT2D eigenvalue weighted by molar-refractivity contribution is 6.03. The van der Waals surface area contributed by atoms with Crippen LogP contribution in [0.3, 0.4) is 0 Å². The van der Waals surface area contributed by atoms with Crippen LogP contribution in [-0.4, -0.2) is 76.6 Å². The number of fused-ring (bicyclic) bond motifs is 2. The van der Waals surface area contributed by atoms with Crippen LogP contribution in [0.5, 0.6) is 11.5 Å². The van der Waals surface area contributed by atoms with E-state index in [4.69, 9.17) is 24.2 Å². The average molecular weight is 930 g/mol. The van der Waals surface area contributed by atoms with Gasteiger partial charge < -0.3 is 39.5 Å².